The van der Waals surface area contributed by atoms with Gasteiger partial charge >= 0.3 is 0 Å². The van der Waals surface area contributed by atoms with Crippen LogP contribution < -0.4 is 0 Å². The molecule has 0 aromatic rings. The minimum absolute atomic E-state index is 0.771. The summed E-state index contributed by atoms with van der Waals surface area (Å²) in [5.41, 5.74) is 0.771. The second kappa shape index (κ2) is 5.56. The predicted octanol–water partition coefficient (Wildman–Crippen LogP) is 5.56. The Morgan fingerprint density at radius 3 is 2.00 bits per heavy atom. The van der Waals surface area contributed by atoms with Gasteiger partial charge in [-0.15, -0.1) is 0 Å². The first-order valence-electron chi connectivity index (χ1n) is 7.73. The van der Waals surface area contributed by atoms with Gasteiger partial charge in [0.25, 0.3) is 0 Å². The summed E-state index contributed by atoms with van der Waals surface area (Å²) in [5.74, 6) is 1.99. The Morgan fingerprint density at radius 1 is 0.875 bits per heavy atom. The van der Waals surface area contributed by atoms with Crippen molar-refractivity contribution in [1.82, 2.24) is 0 Å². The summed E-state index contributed by atoms with van der Waals surface area (Å²) in [6, 6.07) is 0. The van der Waals surface area contributed by atoms with Crippen molar-refractivity contribution in [2.75, 3.05) is 0 Å². The lowest BCUT2D eigenvalue weighted by Crippen LogP contribution is -2.35. The molecular weight excluding hydrogens is 192 g/mol. The molecule has 0 spiro atoms. The first kappa shape index (κ1) is 12.5. The second-order valence-electron chi connectivity index (χ2n) is 6.86. The summed E-state index contributed by atoms with van der Waals surface area (Å²) < 4.78 is 0. The molecule has 0 heterocycles. The zero-order chi connectivity index (χ0) is 11.4. The maximum atomic E-state index is 2.43. The summed E-state index contributed by atoms with van der Waals surface area (Å²) in [6.07, 6.45) is 16.8. The van der Waals surface area contributed by atoms with Crippen LogP contribution in [0.2, 0.25) is 0 Å². The molecule has 0 aliphatic heterocycles. The van der Waals surface area contributed by atoms with Crippen LogP contribution in [0.4, 0.5) is 0 Å². The van der Waals surface area contributed by atoms with Gasteiger partial charge in [0.05, 0.1) is 0 Å². The predicted molar refractivity (Wildman–Crippen MR) is 71.5 cm³/mol. The number of hydrogen-bond donors (Lipinski definition) is 0. The van der Waals surface area contributed by atoms with Gasteiger partial charge in [-0.05, 0) is 49.4 Å². The Morgan fingerprint density at radius 2 is 1.44 bits per heavy atom. The van der Waals surface area contributed by atoms with Crippen LogP contribution in [0, 0.1) is 17.3 Å². The highest BCUT2D eigenvalue weighted by Crippen LogP contribution is 2.51. The molecule has 0 aromatic carbocycles. The molecule has 0 amide bonds. The monoisotopic (exact) mass is 222 g/mol. The zero-order valence-electron chi connectivity index (χ0n) is 11.4. The molecule has 0 radical (unpaired) electrons. The zero-order valence-corrected chi connectivity index (χ0v) is 11.4. The topological polar surface area (TPSA) is 0 Å². The van der Waals surface area contributed by atoms with Gasteiger partial charge in [0, 0.05) is 0 Å². The fraction of sp³-hybridized carbons (Fsp3) is 1.00. The fourth-order valence-electron chi connectivity index (χ4n) is 4.56. The fourth-order valence-corrected chi connectivity index (χ4v) is 4.56. The molecule has 0 bridgehead atoms. The van der Waals surface area contributed by atoms with E-state index in [-0.39, 0.29) is 0 Å². The van der Waals surface area contributed by atoms with E-state index in [4.69, 9.17) is 0 Å². The van der Waals surface area contributed by atoms with E-state index in [1.54, 1.807) is 25.7 Å². The second-order valence-corrected chi connectivity index (χ2v) is 6.86. The molecule has 94 valence electrons. The summed E-state index contributed by atoms with van der Waals surface area (Å²) >= 11 is 0. The third kappa shape index (κ3) is 2.81. The van der Waals surface area contributed by atoms with E-state index in [1.165, 1.54) is 44.9 Å². The average molecular weight is 222 g/mol. The molecule has 2 fully saturated rings. The molecular formula is C16H30. The van der Waals surface area contributed by atoms with Gasteiger partial charge in [-0.25, -0.2) is 0 Å². The normalized spacial score (nSPS) is 27.2. The highest BCUT2D eigenvalue weighted by Gasteiger charge is 2.39. The van der Waals surface area contributed by atoms with E-state index in [1.807, 2.05) is 0 Å². The molecule has 0 atom stereocenters. The van der Waals surface area contributed by atoms with Crippen LogP contribution in [0.25, 0.3) is 0 Å². The lowest BCUT2D eigenvalue weighted by molar-refractivity contribution is 0.0444. The Bertz CT molecular complexity index is 192. The van der Waals surface area contributed by atoms with Crippen molar-refractivity contribution in [3.8, 4) is 0 Å². The van der Waals surface area contributed by atoms with Crippen LogP contribution in [0.5, 0.6) is 0 Å². The van der Waals surface area contributed by atoms with Gasteiger partial charge in [0.1, 0.15) is 0 Å². The van der Waals surface area contributed by atoms with Gasteiger partial charge in [-0.2, -0.15) is 0 Å². The third-order valence-corrected chi connectivity index (χ3v) is 5.14. The van der Waals surface area contributed by atoms with Crippen molar-refractivity contribution in [1.29, 1.82) is 0 Å². The Labute approximate surface area is 102 Å². The molecule has 2 aliphatic rings. The Balaban J connectivity index is 2.05. The van der Waals surface area contributed by atoms with E-state index < -0.39 is 0 Å². The molecule has 0 heteroatoms. The summed E-state index contributed by atoms with van der Waals surface area (Å²) in [4.78, 5) is 0. The lowest BCUT2D eigenvalue weighted by Gasteiger charge is -2.46. The third-order valence-electron chi connectivity index (χ3n) is 5.14. The van der Waals surface area contributed by atoms with Crippen molar-refractivity contribution in [3.63, 3.8) is 0 Å². The molecule has 0 unspecified atom stereocenters. The molecule has 0 N–H and O–H groups in total. The largest absolute Gasteiger partial charge is 0.0628 e. The van der Waals surface area contributed by atoms with Crippen LogP contribution in [0.3, 0.4) is 0 Å². The van der Waals surface area contributed by atoms with E-state index in [2.05, 4.69) is 13.8 Å². The summed E-state index contributed by atoms with van der Waals surface area (Å²) in [7, 11) is 0. The highest BCUT2D eigenvalue weighted by atomic mass is 14.4. The molecule has 0 nitrogen and oxygen atoms in total. The van der Waals surface area contributed by atoms with Gasteiger partial charge in [0.2, 0.25) is 0 Å². The van der Waals surface area contributed by atoms with Crippen LogP contribution in [0.1, 0.15) is 84.5 Å². The van der Waals surface area contributed by atoms with Gasteiger partial charge in [0.15, 0.2) is 0 Å². The molecule has 2 saturated carbocycles. The summed E-state index contributed by atoms with van der Waals surface area (Å²) in [6.45, 7) is 4.86. The highest BCUT2D eigenvalue weighted by molar-refractivity contribution is 4.90. The van der Waals surface area contributed by atoms with E-state index in [9.17, 15) is 0 Å². The lowest BCUT2D eigenvalue weighted by atomic mass is 9.59. The van der Waals surface area contributed by atoms with E-state index in [0.29, 0.717) is 0 Å². The van der Waals surface area contributed by atoms with Crippen molar-refractivity contribution >= 4 is 0 Å². The van der Waals surface area contributed by atoms with Gasteiger partial charge in [-0.1, -0.05) is 52.4 Å². The SMILES string of the molecule is CC(C)CC1(C2CCCCC2)CCCCC1. The van der Waals surface area contributed by atoms with Gasteiger partial charge in [-0.3, -0.25) is 0 Å². The van der Waals surface area contributed by atoms with Gasteiger partial charge < -0.3 is 0 Å². The number of rotatable bonds is 3. The van der Waals surface area contributed by atoms with Crippen LogP contribution in [0.15, 0.2) is 0 Å². The molecule has 2 rings (SSSR count). The van der Waals surface area contributed by atoms with Crippen LogP contribution >= 0.6 is 0 Å². The first-order chi connectivity index (χ1) is 7.73. The van der Waals surface area contributed by atoms with E-state index >= 15 is 0 Å². The molecule has 16 heavy (non-hydrogen) atoms. The van der Waals surface area contributed by atoms with Crippen molar-refractivity contribution in [3.05, 3.63) is 0 Å². The van der Waals surface area contributed by atoms with E-state index in [0.717, 1.165) is 17.3 Å². The van der Waals surface area contributed by atoms with Crippen molar-refractivity contribution < 1.29 is 0 Å². The van der Waals surface area contributed by atoms with Crippen molar-refractivity contribution in [2.24, 2.45) is 17.3 Å². The quantitative estimate of drug-likeness (QED) is 0.586. The molecule has 2 aliphatic carbocycles. The Kier molecular flexibility index (Phi) is 4.33. The average Bonchev–Trinajstić information content (AvgIpc) is 2.30. The standard InChI is InChI=1S/C16H30/c1-14(2)13-16(11-7-4-8-12-16)15-9-5-3-6-10-15/h14-15H,3-13H2,1-2H3. The maximum absolute atomic E-state index is 2.43. The number of hydrogen-bond acceptors (Lipinski definition) is 0. The smallest absolute Gasteiger partial charge is 0.0267 e. The minimum Gasteiger partial charge on any atom is -0.0628 e. The Hall–Kier alpha value is 0. The van der Waals surface area contributed by atoms with Crippen molar-refractivity contribution in [2.45, 2.75) is 84.5 Å². The van der Waals surface area contributed by atoms with Crippen LogP contribution in [-0.2, 0) is 0 Å². The summed E-state index contributed by atoms with van der Waals surface area (Å²) in [5, 5.41) is 0. The van der Waals surface area contributed by atoms with Crippen LogP contribution in [-0.4, -0.2) is 0 Å². The maximum Gasteiger partial charge on any atom is -0.0267 e. The molecule has 0 saturated heterocycles. The minimum atomic E-state index is 0.771. The molecule has 0 aromatic heterocycles. The first-order valence-corrected chi connectivity index (χ1v) is 7.73.